The third-order valence-electron chi connectivity index (χ3n) is 3.27. The first kappa shape index (κ1) is 15.1. The minimum Gasteiger partial charge on any atom is -0.496 e. The molecular weight excluding hydrogens is 318 g/mol. The molecule has 2 atom stereocenters. The molecule has 2 rings (SSSR count). The van der Waals surface area contributed by atoms with Crippen molar-refractivity contribution in [2.24, 2.45) is 0 Å². The number of benzene rings is 1. The van der Waals surface area contributed by atoms with Crippen molar-refractivity contribution in [3.05, 3.63) is 52.4 Å². The molecule has 1 aromatic carbocycles. The summed E-state index contributed by atoms with van der Waals surface area (Å²) in [6.07, 6.45) is 0.913. The molecular formula is C16H20BrNO2. The Labute approximate surface area is 128 Å². The van der Waals surface area contributed by atoms with Gasteiger partial charge in [-0.3, -0.25) is 0 Å². The smallest absolute Gasteiger partial charge is 0.169 e. The quantitative estimate of drug-likeness (QED) is 0.851. The van der Waals surface area contributed by atoms with E-state index in [1.54, 1.807) is 7.11 Å². The zero-order valence-corrected chi connectivity index (χ0v) is 13.6. The van der Waals surface area contributed by atoms with Gasteiger partial charge in [0.25, 0.3) is 0 Å². The minimum atomic E-state index is 0.172. The summed E-state index contributed by atoms with van der Waals surface area (Å²) in [5.41, 5.74) is 1.21. The summed E-state index contributed by atoms with van der Waals surface area (Å²) in [6, 6.07) is 12.5. The molecule has 1 heterocycles. The van der Waals surface area contributed by atoms with Crippen LogP contribution < -0.4 is 10.1 Å². The highest BCUT2D eigenvalue weighted by molar-refractivity contribution is 9.10. The number of halogens is 1. The van der Waals surface area contributed by atoms with E-state index < -0.39 is 0 Å². The van der Waals surface area contributed by atoms with Crippen molar-refractivity contribution in [1.29, 1.82) is 0 Å². The average Bonchev–Trinajstić information content (AvgIpc) is 2.86. The Balaban J connectivity index is 1.96. The van der Waals surface area contributed by atoms with Gasteiger partial charge >= 0.3 is 0 Å². The van der Waals surface area contributed by atoms with Crippen LogP contribution >= 0.6 is 15.9 Å². The molecule has 4 heteroatoms. The number of para-hydroxylation sites is 1. The first-order valence-corrected chi connectivity index (χ1v) is 7.52. The van der Waals surface area contributed by atoms with Crippen LogP contribution in [0.25, 0.3) is 0 Å². The van der Waals surface area contributed by atoms with Gasteiger partial charge in [0.15, 0.2) is 4.67 Å². The van der Waals surface area contributed by atoms with Gasteiger partial charge in [-0.1, -0.05) is 18.2 Å². The predicted molar refractivity (Wildman–Crippen MR) is 84.1 cm³/mol. The molecule has 0 radical (unpaired) electrons. The van der Waals surface area contributed by atoms with Crippen LogP contribution in [0.15, 0.2) is 45.5 Å². The molecule has 0 spiro atoms. The Bertz CT molecular complexity index is 553. The van der Waals surface area contributed by atoms with E-state index in [9.17, 15) is 0 Å². The molecule has 20 heavy (non-hydrogen) atoms. The zero-order valence-electron chi connectivity index (χ0n) is 12.0. The second-order valence-corrected chi connectivity index (χ2v) is 5.73. The molecule has 2 unspecified atom stereocenters. The van der Waals surface area contributed by atoms with Crippen LogP contribution in [0.5, 0.6) is 5.75 Å². The van der Waals surface area contributed by atoms with Crippen LogP contribution in [0, 0.1) is 0 Å². The maximum atomic E-state index is 5.57. The van der Waals surface area contributed by atoms with Crippen molar-refractivity contribution in [3.8, 4) is 5.75 Å². The van der Waals surface area contributed by atoms with Crippen LogP contribution in [0.2, 0.25) is 0 Å². The van der Waals surface area contributed by atoms with Crippen molar-refractivity contribution in [2.75, 3.05) is 7.11 Å². The zero-order chi connectivity index (χ0) is 14.5. The molecule has 0 bridgehead atoms. The van der Waals surface area contributed by atoms with Crippen molar-refractivity contribution in [3.63, 3.8) is 0 Å². The largest absolute Gasteiger partial charge is 0.496 e. The number of hydrogen-bond donors (Lipinski definition) is 1. The van der Waals surface area contributed by atoms with Gasteiger partial charge in [0.2, 0.25) is 0 Å². The summed E-state index contributed by atoms with van der Waals surface area (Å²) in [4.78, 5) is 0. The van der Waals surface area contributed by atoms with Crippen molar-refractivity contribution in [1.82, 2.24) is 5.32 Å². The molecule has 1 aromatic heterocycles. The van der Waals surface area contributed by atoms with E-state index in [-0.39, 0.29) is 6.04 Å². The molecule has 0 aliphatic heterocycles. The lowest BCUT2D eigenvalue weighted by molar-refractivity contribution is 0.381. The van der Waals surface area contributed by atoms with Gasteiger partial charge in [-0.2, -0.15) is 0 Å². The van der Waals surface area contributed by atoms with Crippen molar-refractivity contribution < 1.29 is 9.15 Å². The Morgan fingerprint density at radius 1 is 1.20 bits per heavy atom. The first-order chi connectivity index (χ1) is 9.60. The summed E-state index contributed by atoms with van der Waals surface area (Å²) < 4.78 is 11.7. The normalized spacial score (nSPS) is 14.0. The highest BCUT2D eigenvalue weighted by atomic mass is 79.9. The SMILES string of the molecule is COc1ccccc1CC(C)NC(C)c1ccc(Br)o1. The summed E-state index contributed by atoms with van der Waals surface area (Å²) in [7, 11) is 1.71. The molecule has 0 aliphatic carbocycles. The molecule has 0 fully saturated rings. The lowest BCUT2D eigenvalue weighted by Gasteiger charge is -2.19. The highest BCUT2D eigenvalue weighted by Crippen LogP contribution is 2.22. The van der Waals surface area contributed by atoms with Gasteiger partial charge in [0, 0.05) is 6.04 Å². The minimum absolute atomic E-state index is 0.172. The lowest BCUT2D eigenvalue weighted by Crippen LogP contribution is -2.30. The van der Waals surface area contributed by atoms with Gasteiger partial charge in [-0.25, -0.2) is 0 Å². The maximum absolute atomic E-state index is 5.57. The topological polar surface area (TPSA) is 34.4 Å². The fourth-order valence-corrected chi connectivity index (χ4v) is 2.65. The van der Waals surface area contributed by atoms with Gasteiger partial charge in [0.05, 0.1) is 13.2 Å². The second-order valence-electron chi connectivity index (χ2n) is 4.95. The molecule has 0 aliphatic rings. The van der Waals surface area contributed by atoms with E-state index in [0.29, 0.717) is 6.04 Å². The number of rotatable bonds is 6. The van der Waals surface area contributed by atoms with Gasteiger partial charge < -0.3 is 14.5 Å². The van der Waals surface area contributed by atoms with Crippen molar-refractivity contribution in [2.45, 2.75) is 32.4 Å². The van der Waals surface area contributed by atoms with E-state index >= 15 is 0 Å². The number of methoxy groups -OCH3 is 1. The Kier molecular flexibility index (Phi) is 5.26. The number of hydrogen-bond acceptors (Lipinski definition) is 3. The monoisotopic (exact) mass is 337 g/mol. The fraction of sp³-hybridized carbons (Fsp3) is 0.375. The van der Waals surface area contributed by atoms with Crippen LogP contribution in [0.4, 0.5) is 0 Å². The van der Waals surface area contributed by atoms with Crippen LogP contribution in [0.1, 0.15) is 31.2 Å². The Hall–Kier alpha value is -1.26. The molecule has 0 amide bonds. The third-order valence-corrected chi connectivity index (χ3v) is 3.70. The Morgan fingerprint density at radius 3 is 2.60 bits per heavy atom. The van der Waals surface area contributed by atoms with E-state index in [1.165, 1.54) is 5.56 Å². The molecule has 1 N–H and O–H groups in total. The third kappa shape index (κ3) is 3.87. The Morgan fingerprint density at radius 2 is 1.95 bits per heavy atom. The molecule has 2 aromatic rings. The average molecular weight is 338 g/mol. The molecule has 3 nitrogen and oxygen atoms in total. The maximum Gasteiger partial charge on any atom is 0.169 e. The number of nitrogens with one attached hydrogen (secondary N) is 1. The second kappa shape index (κ2) is 6.95. The summed E-state index contributed by atoms with van der Waals surface area (Å²) >= 11 is 3.33. The van der Waals surface area contributed by atoms with Crippen molar-refractivity contribution >= 4 is 15.9 Å². The standard InChI is InChI=1S/C16H20BrNO2/c1-11(10-13-6-4-5-7-15(13)19-3)18-12(2)14-8-9-16(17)20-14/h4-9,11-12,18H,10H2,1-3H3. The lowest BCUT2D eigenvalue weighted by atomic mass is 10.1. The van der Waals surface area contributed by atoms with E-state index in [0.717, 1.165) is 22.6 Å². The fourth-order valence-electron chi connectivity index (χ4n) is 2.33. The summed E-state index contributed by atoms with van der Waals surface area (Å²) in [5, 5.41) is 3.54. The van der Waals surface area contributed by atoms with Gasteiger partial charge in [0.1, 0.15) is 11.5 Å². The van der Waals surface area contributed by atoms with Crippen LogP contribution in [0.3, 0.4) is 0 Å². The summed E-state index contributed by atoms with van der Waals surface area (Å²) in [5.74, 6) is 1.87. The van der Waals surface area contributed by atoms with E-state index in [4.69, 9.17) is 9.15 Å². The molecule has 0 saturated heterocycles. The number of ether oxygens (including phenoxy) is 1. The van der Waals surface area contributed by atoms with E-state index in [2.05, 4.69) is 41.2 Å². The van der Waals surface area contributed by atoms with Gasteiger partial charge in [-0.05, 0) is 60.0 Å². The van der Waals surface area contributed by atoms with Crippen LogP contribution in [-0.4, -0.2) is 13.2 Å². The number of furan rings is 1. The van der Waals surface area contributed by atoms with Gasteiger partial charge in [-0.15, -0.1) is 0 Å². The van der Waals surface area contributed by atoms with E-state index in [1.807, 2.05) is 30.3 Å². The predicted octanol–water partition coefficient (Wildman–Crippen LogP) is 4.33. The first-order valence-electron chi connectivity index (χ1n) is 6.73. The summed E-state index contributed by atoms with van der Waals surface area (Å²) in [6.45, 7) is 4.27. The highest BCUT2D eigenvalue weighted by Gasteiger charge is 2.14. The molecule has 0 saturated carbocycles. The molecule has 108 valence electrons. The van der Waals surface area contributed by atoms with Crippen LogP contribution in [-0.2, 0) is 6.42 Å².